The van der Waals surface area contributed by atoms with Gasteiger partial charge >= 0.3 is 5.97 Å². The smallest absolute Gasteiger partial charge is 0.341 e. The Morgan fingerprint density at radius 1 is 1.21 bits per heavy atom. The second kappa shape index (κ2) is 9.25. The summed E-state index contributed by atoms with van der Waals surface area (Å²) in [6, 6.07) is 5.00. The van der Waals surface area contributed by atoms with Crippen LogP contribution in [0.5, 0.6) is 11.5 Å². The Kier molecular flexibility index (Phi) is 6.72. The fourth-order valence-electron chi connectivity index (χ4n) is 4.12. The van der Waals surface area contributed by atoms with E-state index in [4.69, 9.17) is 14.8 Å². The number of hydrogen-bond donors (Lipinski definition) is 2. The maximum Gasteiger partial charge on any atom is 0.341 e. The predicted molar refractivity (Wildman–Crippen MR) is 108 cm³/mol. The van der Waals surface area contributed by atoms with Crippen molar-refractivity contribution < 1.29 is 24.1 Å². The van der Waals surface area contributed by atoms with Gasteiger partial charge in [0.1, 0.15) is 5.75 Å². The van der Waals surface area contributed by atoms with E-state index < -0.39 is 18.4 Å². The summed E-state index contributed by atoms with van der Waals surface area (Å²) < 4.78 is 19.8. The van der Waals surface area contributed by atoms with Gasteiger partial charge in [0.2, 0.25) is 0 Å². The van der Waals surface area contributed by atoms with Crippen LogP contribution in [-0.2, 0) is 11.2 Å². The third kappa shape index (κ3) is 5.05. The topological polar surface area (TPSA) is 79.7 Å². The Labute approximate surface area is 170 Å². The molecule has 0 atom stereocenters. The Balaban J connectivity index is 1.87. The molecule has 1 aromatic carbocycles. The first-order chi connectivity index (χ1) is 13.9. The number of aryl methyl sites for hydroxylation is 1. The van der Waals surface area contributed by atoms with Gasteiger partial charge in [-0.1, -0.05) is 25.7 Å². The van der Waals surface area contributed by atoms with Gasteiger partial charge in [0.25, 0.3) is 0 Å². The number of aromatic hydroxyl groups is 1. The van der Waals surface area contributed by atoms with Crippen molar-refractivity contribution in [3.8, 4) is 11.5 Å². The van der Waals surface area contributed by atoms with Crippen LogP contribution in [0.3, 0.4) is 0 Å². The van der Waals surface area contributed by atoms with Gasteiger partial charge in [0.05, 0.1) is 5.69 Å². The SMILES string of the molecule is Cc1cc(OCC(=O)O)c(F)c(C)c1Cc1ccc(O)c(C2CCCCCC2)n1. The van der Waals surface area contributed by atoms with Crippen LogP contribution in [0.2, 0.25) is 0 Å². The van der Waals surface area contributed by atoms with Crippen LogP contribution in [0.4, 0.5) is 4.39 Å². The molecule has 0 aliphatic heterocycles. The first-order valence-electron chi connectivity index (χ1n) is 10.2. The van der Waals surface area contributed by atoms with Crippen molar-refractivity contribution in [2.75, 3.05) is 6.61 Å². The van der Waals surface area contributed by atoms with Crippen molar-refractivity contribution in [2.45, 2.75) is 64.7 Å². The van der Waals surface area contributed by atoms with Crippen molar-refractivity contribution in [3.05, 3.63) is 52.1 Å². The largest absolute Gasteiger partial charge is 0.506 e. The summed E-state index contributed by atoms with van der Waals surface area (Å²) in [5, 5.41) is 19.1. The molecule has 1 aliphatic carbocycles. The number of carbonyl (C=O) groups is 1. The first-order valence-corrected chi connectivity index (χ1v) is 10.2. The number of aromatic nitrogens is 1. The number of carboxylic acid groups (broad SMARTS) is 1. The highest BCUT2D eigenvalue weighted by Gasteiger charge is 2.21. The fourth-order valence-corrected chi connectivity index (χ4v) is 4.12. The molecule has 0 radical (unpaired) electrons. The molecule has 2 N–H and O–H groups in total. The maximum absolute atomic E-state index is 14.7. The van der Waals surface area contributed by atoms with Crippen molar-refractivity contribution >= 4 is 5.97 Å². The van der Waals surface area contributed by atoms with Crippen LogP contribution in [0.25, 0.3) is 0 Å². The first kappa shape index (κ1) is 21.1. The fraction of sp³-hybridized carbons (Fsp3) is 0.478. The average molecular weight is 401 g/mol. The predicted octanol–water partition coefficient (Wildman–Crippen LogP) is 5.04. The van der Waals surface area contributed by atoms with E-state index in [-0.39, 0.29) is 17.4 Å². The quantitative estimate of drug-likeness (QED) is 0.663. The molecule has 2 aromatic rings. The van der Waals surface area contributed by atoms with Crippen LogP contribution in [-0.4, -0.2) is 27.8 Å². The zero-order valence-electron chi connectivity index (χ0n) is 17.0. The van der Waals surface area contributed by atoms with E-state index in [9.17, 15) is 14.3 Å². The lowest BCUT2D eigenvalue weighted by molar-refractivity contribution is -0.139. The number of ether oxygens (including phenoxy) is 1. The molecule has 6 heteroatoms. The van der Waals surface area contributed by atoms with Gasteiger partial charge in [0, 0.05) is 18.0 Å². The lowest BCUT2D eigenvalue weighted by atomic mass is 9.94. The molecule has 0 spiro atoms. The van der Waals surface area contributed by atoms with Crippen LogP contribution in [0.1, 0.15) is 72.5 Å². The lowest BCUT2D eigenvalue weighted by Crippen LogP contribution is -2.12. The summed E-state index contributed by atoms with van der Waals surface area (Å²) in [4.78, 5) is 15.4. The summed E-state index contributed by atoms with van der Waals surface area (Å²) >= 11 is 0. The molecule has 1 aliphatic rings. The Morgan fingerprint density at radius 2 is 1.90 bits per heavy atom. The lowest BCUT2D eigenvalue weighted by Gasteiger charge is -2.18. The van der Waals surface area contributed by atoms with Crippen LogP contribution >= 0.6 is 0 Å². The number of halogens is 1. The molecule has 156 valence electrons. The molecule has 1 heterocycles. The molecule has 5 nitrogen and oxygen atoms in total. The summed E-state index contributed by atoms with van der Waals surface area (Å²) in [6.07, 6.45) is 7.26. The molecular formula is C23H28FNO4. The second-order valence-electron chi connectivity index (χ2n) is 7.86. The van der Waals surface area contributed by atoms with Crippen molar-refractivity contribution in [3.63, 3.8) is 0 Å². The van der Waals surface area contributed by atoms with Gasteiger partial charge in [-0.3, -0.25) is 4.98 Å². The van der Waals surface area contributed by atoms with E-state index in [2.05, 4.69) is 0 Å². The minimum atomic E-state index is -1.15. The molecule has 0 saturated heterocycles. The highest BCUT2D eigenvalue weighted by molar-refractivity contribution is 5.68. The van der Waals surface area contributed by atoms with Crippen molar-refractivity contribution in [1.82, 2.24) is 4.98 Å². The molecule has 0 bridgehead atoms. The number of pyridine rings is 1. The van der Waals surface area contributed by atoms with Crippen LogP contribution in [0.15, 0.2) is 18.2 Å². The van der Waals surface area contributed by atoms with Gasteiger partial charge in [-0.15, -0.1) is 0 Å². The number of rotatable bonds is 6. The third-order valence-corrected chi connectivity index (χ3v) is 5.73. The maximum atomic E-state index is 14.7. The van der Waals surface area contributed by atoms with E-state index in [1.165, 1.54) is 18.9 Å². The monoisotopic (exact) mass is 401 g/mol. The van der Waals surface area contributed by atoms with Crippen molar-refractivity contribution in [2.24, 2.45) is 0 Å². The Morgan fingerprint density at radius 3 is 2.55 bits per heavy atom. The Bertz CT molecular complexity index is 889. The number of benzene rings is 1. The molecule has 1 fully saturated rings. The third-order valence-electron chi connectivity index (χ3n) is 5.73. The normalized spacial score (nSPS) is 15.1. The number of carboxylic acids is 1. The summed E-state index contributed by atoms with van der Waals surface area (Å²) in [5.41, 5.74) is 3.58. The summed E-state index contributed by atoms with van der Waals surface area (Å²) in [6.45, 7) is 2.93. The van der Waals surface area contributed by atoms with E-state index in [0.29, 0.717) is 12.0 Å². The second-order valence-corrected chi connectivity index (χ2v) is 7.86. The van der Waals surface area contributed by atoms with Crippen LogP contribution in [0, 0.1) is 19.7 Å². The van der Waals surface area contributed by atoms with E-state index >= 15 is 0 Å². The van der Waals surface area contributed by atoms with Gasteiger partial charge in [0.15, 0.2) is 18.2 Å². The zero-order valence-corrected chi connectivity index (χ0v) is 17.0. The van der Waals surface area contributed by atoms with E-state index in [1.807, 2.05) is 6.92 Å². The number of aliphatic carboxylic acids is 1. The molecular weight excluding hydrogens is 373 g/mol. The van der Waals surface area contributed by atoms with Gasteiger partial charge in [-0.05, 0) is 61.6 Å². The minimum Gasteiger partial charge on any atom is -0.506 e. The minimum absolute atomic E-state index is 0.0519. The number of hydrogen-bond acceptors (Lipinski definition) is 4. The summed E-state index contributed by atoms with van der Waals surface area (Å²) in [5.74, 6) is -1.25. The van der Waals surface area contributed by atoms with E-state index in [1.54, 1.807) is 19.1 Å². The highest BCUT2D eigenvalue weighted by Crippen LogP contribution is 2.35. The zero-order chi connectivity index (χ0) is 21.0. The standard InChI is InChI=1S/C23H28FNO4/c1-14-11-20(29-13-21(27)28)22(24)15(2)18(14)12-17-9-10-19(26)23(25-17)16-7-5-3-4-6-8-16/h9-11,16,26H,3-8,12-13H2,1-2H3,(H,27,28). The van der Waals surface area contributed by atoms with Crippen LogP contribution < -0.4 is 4.74 Å². The average Bonchev–Trinajstić information content (AvgIpc) is 2.97. The van der Waals surface area contributed by atoms with Gasteiger partial charge in [-0.2, -0.15) is 0 Å². The molecule has 1 saturated carbocycles. The molecule has 1 aromatic heterocycles. The van der Waals surface area contributed by atoms with E-state index in [0.717, 1.165) is 48.2 Å². The van der Waals surface area contributed by atoms with Gasteiger partial charge in [-0.25, -0.2) is 9.18 Å². The molecule has 29 heavy (non-hydrogen) atoms. The van der Waals surface area contributed by atoms with Gasteiger partial charge < -0.3 is 14.9 Å². The Hall–Kier alpha value is -2.63. The highest BCUT2D eigenvalue weighted by atomic mass is 19.1. The van der Waals surface area contributed by atoms with Crippen molar-refractivity contribution in [1.29, 1.82) is 0 Å². The summed E-state index contributed by atoms with van der Waals surface area (Å²) in [7, 11) is 0. The number of nitrogens with zero attached hydrogens (tertiary/aromatic N) is 1. The molecule has 0 unspecified atom stereocenters. The molecule has 0 amide bonds. The molecule has 3 rings (SSSR count).